The molecule has 1 saturated heterocycles. The smallest absolute Gasteiger partial charge is 0.238 e. The van der Waals surface area contributed by atoms with E-state index in [1.54, 1.807) is 32.4 Å². The van der Waals surface area contributed by atoms with Crippen LogP contribution >= 0.6 is 12.4 Å². The van der Waals surface area contributed by atoms with E-state index in [1.807, 2.05) is 0 Å². The number of ether oxygens (including phenoxy) is 2. The number of carbonyl (C=O) groups excluding carboxylic acids is 1. The summed E-state index contributed by atoms with van der Waals surface area (Å²) >= 11 is 0. The number of methoxy groups -OCH3 is 2. The summed E-state index contributed by atoms with van der Waals surface area (Å²) in [5, 5.41) is 6.21. The first kappa shape index (κ1) is 18.5. The minimum absolute atomic E-state index is 0. The number of carbonyl (C=O) groups is 1. The van der Waals surface area contributed by atoms with Crippen molar-refractivity contribution in [3.8, 4) is 11.5 Å². The molecule has 2 N–H and O–H groups in total. The number of hydrogen-bond acceptors (Lipinski definition) is 5. The molecule has 1 aromatic rings. The van der Waals surface area contributed by atoms with Gasteiger partial charge in [-0.1, -0.05) is 0 Å². The van der Waals surface area contributed by atoms with Crippen molar-refractivity contribution in [2.45, 2.75) is 13.0 Å². The molecular formula is C15H24ClN3O3. The normalized spacial score (nSPS) is 18.2. The first-order valence-corrected chi connectivity index (χ1v) is 7.10. The lowest BCUT2D eigenvalue weighted by Gasteiger charge is -2.33. The van der Waals surface area contributed by atoms with Crippen molar-refractivity contribution >= 4 is 24.0 Å². The van der Waals surface area contributed by atoms with Crippen molar-refractivity contribution in [3.63, 3.8) is 0 Å². The number of amides is 1. The summed E-state index contributed by atoms with van der Waals surface area (Å²) < 4.78 is 10.4. The molecule has 0 bridgehead atoms. The number of rotatable bonds is 5. The fourth-order valence-corrected chi connectivity index (χ4v) is 2.39. The van der Waals surface area contributed by atoms with Gasteiger partial charge in [-0.05, 0) is 19.1 Å². The van der Waals surface area contributed by atoms with Crippen molar-refractivity contribution in [3.05, 3.63) is 18.2 Å². The third kappa shape index (κ3) is 4.76. The molecule has 1 aliphatic rings. The third-order valence-corrected chi connectivity index (χ3v) is 3.67. The highest BCUT2D eigenvalue weighted by molar-refractivity contribution is 5.93. The third-order valence-electron chi connectivity index (χ3n) is 3.67. The second-order valence-electron chi connectivity index (χ2n) is 5.14. The van der Waals surface area contributed by atoms with E-state index < -0.39 is 0 Å². The minimum Gasteiger partial charge on any atom is -0.497 e. The quantitative estimate of drug-likeness (QED) is 0.854. The number of benzene rings is 1. The fourth-order valence-electron chi connectivity index (χ4n) is 2.39. The number of piperazine rings is 1. The van der Waals surface area contributed by atoms with Crippen molar-refractivity contribution < 1.29 is 14.3 Å². The Hall–Kier alpha value is -1.50. The molecule has 0 radical (unpaired) electrons. The average molecular weight is 330 g/mol. The maximum absolute atomic E-state index is 12.2. The summed E-state index contributed by atoms with van der Waals surface area (Å²) in [4.78, 5) is 14.4. The lowest BCUT2D eigenvalue weighted by atomic mass is 10.2. The molecule has 0 unspecified atom stereocenters. The molecule has 7 heteroatoms. The van der Waals surface area contributed by atoms with Gasteiger partial charge in [0.1, 0.15) is 11.5 Å². The van der Waals surface area contributed by atoms with Crippen LogP contribution in [-0.4, -0.2) is 57.2 Å². The number of anilines is 1. The van der Waals surface area contributed by atoms with Crippen LogP contribution in [-0.2, 0) is 4.79 Å². The zero-order valence-electron chi connectivity index (χ0n) is 13.2. The summed E-state index contributed by atoms with van der Waals surface area (Å²) in [7, 11) is 3.17. The maximum Gasteiger partial charge on any atom is 0.238 e. The molecule has 2 rings (SSSR count). The highest BCUT2D eigenvalue weighted by Gasteiger charge is 2.20. The molecule has 0 aliphatic carbocycles. The van der Waals surface area contributed by atoms with Crippen molar-refractivity contribution in [2.75, 3.05) is 45.7 Å². The van der Waals surface area contributed by atoms with E-state index in [0.29, 0.717) is 29.8 Å². The van der Waals surface area contributed by atoms with Crippen LogP contribution in [0.1, 0.15) is 6.92 Å². The number of nitrogens with zero attached hydrogens (tertiary/aromatic N) is 1. The second-order valence-corrected chi connectivity index (χ2v) is 5.14. The number of halogens is 1. The van der Waals surface area contributed by atoms with Gasteiger partial charge in [-0.3, -0.25) is 9.69 Å². The maximum atomic E-state index is 12.2. The van der Waals surface area contributed by atoms with Gasteiger partial charge >= 0.3 is 0 Å². The summed E-state index contributed by atoms with van der Waals surface area (Å²) in [6.45, 7) is 5.22. The zero-order chi connectivity index (χ0) is 15.2. The van der Waals surface area contributed by atoms with E-state index >= 15 is 0 Å². The van der Waals surface area contributed by atoms with Gasteiger partial charge in [0.05, 0.1) is 26.5 Å². The first-order valence-electron chi connectivity index (χ1n) is 7.10. The Morgan fingerprint density at radius 2 is 2.18 bits per heavy atom. The highest BCUT2D eigenvalue weighted by Crippen LogP contribution is 2.28. The Bertz CT molecular complexity index is 499. The van der Waals surface area contributed by atoms with Crippen LogP contribution in [0.25, 0.3) is 0 Å². The van der Waals surface area contributed by atoms with Crippen molar-refractivity contribution in [1.29, 1.82) is 0 Å². The van der Waals surface area contributed by atoms with Gasteiger partial charge in [-0.25, -0.2) is 0 Å². The van der Waals surface area contributed by atoms with Gasteiger partial charge in [-0.15, -0.1) is 12.4 Å². The van der Waals surface area contributed by atoms with Gasteiger partial charge in [0.2, 0.25) is 5.91 Å². The Morgan fingerprint density at radius 1 is 1.41 bits per heavy atom. The Kier molecular flexibility index (Phi) is 7.44. The molecule has 1 aliphatic heterocycles. The monoisotopic (exact) mass is 329 g/mol. The van der Waals surface area contributed by atoms with Crippen LogP contribution < -0.4 is 20.1 Å². The molecule has 124 valence electrons. The van der Waals surface area contributed by atoms with Crippen molar-refractivity contribution in [2.24, 2.45) is 0 Å². The molecule has 1 amide bonds. The van der Waals surface area contributed by atoms with E-state index in [9.17, 15) is 4.79 Å². The van der Waals surface area contributed by atoms with Gasteiger partial charge < -0.3 is 20.1 Å². The van der Waals surface area contributed by atoms with Gasteiger partial charge in [0.15, 0.2) is 0 Å². The Labute approximate surface area is 137 Å². The van der Waals surface area contributed by atoms with Gasteiger partial charge in [-0.2, -0.15) is 0 Å². The molecule has 1 fully saturated rings. The molecule has 22 heavy (non-hydrogen) atoms. The topological polar surface area (TPSA) is 62.8 Å². The standard InChI is InChI=1S/C15H23N3O3.ClH/c1-11-9-16-6-7-18(11)10-15(19)17-13-5-4-12(20-2)8-14(13)21-3;/h4-5,8,11,16H,6-7,9-10H2,1-3H3,(H,17,19);1H/t11-;/m0./s1. The Balaban J connectivity index is 0.00000242. The second kappa shape index (κ2) is 8.82. The largest absolute Gasteiger partial charge is 0.497 e. The summed E-state index contributed by atoms with van der Waals surface area (Å²) in [5.74, 6) is 1.25. The molecule has 1 heterocycles. The molecule has 0 saturated carbocycles. The molecule has 0 spiro atoms. The Morgan fingerprint density at radius 3 is 2.82 bits per heavy atom. The van der Waals surface area contributed by atoms with E-state index in [-0.39, 0.29) is 18.3 Å². The summed E-state index contributed by atoms with van der Waals surface area (Å²) in [5.41, 5.74) is 0.658. The lowest BCUT2D eigenvalue weighted by Crippen LogP contribution is -2.51. The molecule has 0 aromatic heterocycles. The molecule has 6 nitrogen and oxygen atoms in total. The highest BCUT2D eigenvalue weighted by atomic mass is 35.5. The molecule has 1 atom stereocenters. The predicted molar refractivity (Wildman–Crippen MR) is 89.3 cm³/mol. The predicted octanol–water partition coefficient (Wildman–Crippen LogP) is 1.36. The van der Waals surface area contributed by atoms with Gasteiger partial charge in [0, 0.05) is 31.7 Å². The first-order chi connectivity index (χ1) is 10.1. The summed E-state index contributed by atoms with van der Waals surface area (Å²) in [6, 6.07) is 5.70. The van der Waals surface area contributed by atoms with Crippen LogP contribution in [0.15, 0.2) is 18.2 Å². The van der Waals surface area contributed by atoms with Crippen LogP contribution in [0.3, 0.4) is 0 Å². The fraction of sp³-hybridized carbons (Fsp3) is 0.533. The number of nitrogens with one attached hydrogen (secondary N) is 2. The summed E-state index contributed by atoms with van der Waals surface area (Å²) in [6.07, 6.45) is 0. The van der Waals surface area contributed by atoms with Crippen LogP contribution in [0.2, 0.25) is 0 Å². The van der Waals surface area contributed by atoms with E-state index in [0.717, 1.165) is 19.6 Å². The lowest BCUT2D eigenvalue weighted by molar-refractivity contribution is -0.118. The van der Waals surface area contributed by atoms with Crippen LogP contribution in [0.4, 0.5) is 5.69 Å². The average Bonchev–Trinajstić information content (AvgIpc) is 2.50. The SMILES string of the molecule is COc1ccc(NC(=O)CN2CCNC[C@@H]2C)c(OC)c1.Cl. The van der Waals surface area contributed by atoms with E-state index in [4.69, 9.17) is 9.47 Å². The zero-order valence-corrected chi connectivity index (χ0v) is 14.0. The van der Waals surface area contributed by atoms with Crippen molar-refractivity contribution in [1.82, 2.24) is 10.2 Å². The van der Waals surface area contributed by atoms with Crippen LogP contribution in [0.5, 0.6) is 11.5 Å². The number of hydrogen-bond donors (Lipinski definition) is 2. The molecular weight excluding hydrogens is 306 g/mol. The van der Waals surface area contributed by atoms with E-state index in [1.165, 1.54) is 0 Å². The van der Waals surface area contributed by atoms with Crippen LogP contribution in [0, 0.1) is 0 Å². The molecule has 1 aromatic carbocycles. The van der Waals surface area contributed by atoms with E-state index in [2.05, 4.69) is 22.5 Å². The van der Waals surface area contributed by atoms with Gasteiger partial charge in [0.25, 0.3) is 0 Å². The minimum atomic E-state index is -0.0350.